The normalized spacial score (nSPS) is 12.3. The van der Waals surface area contributed by atoms with Crippen LogP contribution < -0.4 is 10.9 Å². The molecule has 2 heterocycles. The van der Waals surface area contributed by atoms with Gasteiger partial charge in [0.2, 0.25) is 0 Å². The number of nitrogens with one attached hydrogen (secondary N) is 1. The third-order valence-corrected chi connectivity index (χ3v) is 4.67. The van der Waals surface area contributed by atoms with Crippen LogP contribution in [0.2, 0.25) is 0 Å². The van der Waals surface area contributed by atoms with Crippen molar-refractivity contribution in [3.63, 3.8) is 0 Å². The zero-order valence-electron chi connectivity index (χ0n) is 11.0. The molecule has 0 fully saturated rings. The summed E-state index contributed by atoms with van der Waals surface area (Å²) in [6, 6.07) is 4.23. The van der Waals surface area contributed by atoms with E-state index in [4.69, 9.17) is 5.11 Å². The van der Waals surface area contributed by atoms with Gasteiger partial charge in [0.15, 0.2) is 0 Å². The number of halogens is 1. The maximum Gasteiger partial charge on any atom is 0.283 e. The highest BCUT2D eigenvalue weighted by molar-refractivity contribution is 9.10. The fourth-order valence-electron chi connectivity index (χ4n) is 1.87. The van der Waals surface area contributed by atoms with E-state index in [1.54, 1.807) is 17.5 Å². The molecule has 2 aromatic heterocycles. The zero-order valence-corrected chi connectivity index (χ0v) is 13.4. The molecule has 0 amide bonds. The Kier molecular flexibility index (Phi) is 5.33. The standard InChI is InChI=1S/C13H16BrN3O2S/c1-2-9(11-4-3-7-20-11)16-10-8-15-17(5-6-18)13(19)12(10)14/h3-4,7-9,16,18H,2,5-6H2,1H3. The SMILES string of the molecule is CCC(Nc1cnn(CCO)c(=O)c1Br)c1cccs1. The number of thiophene rings is 1. The van der Waals surface area contributed by atoms with Crippen LogP contribution in [0.15, 0.2) is 33.0 Å². The summed E-state index contributed by atoms with van der Waals surface area (Å²) in [5.74, 6) is 0. The van der Waals surface area contributed by atoms with E-state index >= 15 is 0 Å². The van der Waals surface area contributed by atoms with Gasteiger partial charge in [0.05, 0.1) is 31.1 Å². The van der Waals surface area contributed by atoms with Crippen molar-refractivity contribution in [2.45, 2.75) is 25.9 Å². The van der Waals surface area contributed by atoms with Gasteiger partial charge in [0, 0.05) is 4.88 Å². The summed E-state index contributed by atoms with van der Waals surface area (Å²) >= 11 is 4.99. The number of anilines is 1. The van der Waals surface area contributed by atoms with E-state index in [0.717, 1.165) is 6.42 Å². The first-order chi connectivity index (χ1) is 9.67. The van der Waals surface area contributed by atoms with Gasteiger partial charge in [-0.15, -0.1) is 11.3 Å². The van der Waals surface area contributed by atoms with Crippen molar-refractivity contribution in [3.05, 3.63) is 43.4 Å². The maximum atomic E-state index is 12.0. The lowest BCUT2D eigenvalue weighted by Crippen LogP contribution is -2.26. The molecule has 0 aliphatic carbocycles. The smallest absolute Gasteiger partial charge is 0.283 e. The van der Waals surface area contributed by atoms with Crippen molar-refractivity contribution in [2.75, 3.05) is 11.9 Å². The van der Waals surface area contributed by atoms with Crippen LogP contribution in [-0.2, 0) is 6.54 Å². The van der Waals surface area contributed by atoms with Crippen LogP contribution in [0.25, 0.3) is 0 Å². The lowest BCUT2D eigenvalue weighted by atomic mass is 10.2. The molecule has 1 unspecified atom stereocenters. The molecule has 2 rings (SSSR count). The molecule has 0 saturated carbocycles. The summed E-state index contributed by atoms with van der Waals surface area (Å²) in [4.78, 5) is 13.3. The first-order valence-electron chi connectivity index (χ1n) is 6.33. The predicted octanol–water partition coefficient (Wildman–Crippen LogP) is 2.62. The highest BCUT2D eigenvalue weighted by atomic mass is 79.9. The van der Waals surface area contributed by atoms with Crippen LogP contribution in [0.5, 0.6) is 0 Å². The second-order valence-electron chi connectivity index (χ2n) is 4.24. The Hall–Kier alpha value is -1.18. The number of aromatic nitrogens is 2. The Morgan fingerprint density at radius 2 is 2.40 bits per heavy atom. The van der Waals surface area contributed by atoms with Crippen LogP contribution in [0, 0.1) is 0 Å². The van der Waals surface area contributed by atoms with Crippen LogP contribution >= 0.6 is 27.3 Å². The molecular weight excluding hydrogens is 342 g/mol. The minimum Gasteiger partial charge on any atom is -0.394 e. The molecule has 0 aliphatic heterocycles. The molecule has 108 valence electrons. The Balaban J connectivity index is 2.25. The Morgan fingerprint density at radius 1 is 1.60 bits per heavy atom. The van der Waals surface area contributed by atoms with Crippen molar-refractivity contribution < 1.29 is 5.11 Å². The second kappa shape index (κ2) is 7.01. The lowest BCUT2D eigenvalue weighted by Gasteiger charge is -2.18. The number of hydrogen-bond donors (Lipinski definition) is 2. The number of aliphatic hydroxyl groups is 1. The van der Waals surface area contributed by atoms with Crippen molar-refractivity contribution in [1.82, 2.24) is 9.78 Å². The van der Waals surface area contributed by atoms with E-state index in [9.17, 15) is 4.79 Å². The minimum atomic E-state index is -0.245. The van der Waals surface area contributed by atoms with Crippen molar-refractivity contribution in [3.8, 4) is 0 Å². The second-order valence-corrected chi connectivity index (χ2v) is 6.02. The molecule has 5 nitrogen and oxygen atoms in total. The molecule has 20 heavy (non-hydrogen) atoms. The fourth-order valence-corrected chi connectivity index (χ4v) is 3.15. The number of rotatable bonds is 6. The van der Waals surface area contributed by atoms with Crippen molar-refractivity contribution in [2.24, 2.45) is 0 Å². The molecule has 0 saturated heterocycles. The van der Waals surface area contributed by atoms with E-state index in [1.807, 2.05) is 11.4 Å². The van der Waals surface area contributed by atoms with Gasteiger partial charge in [0.25, 0.3) is 5.56 Å². The number of hydrogen-bond acceptors (Lipinski definition) is 5. The lowest BCUT2D eigenvalue weighted by molar-refractivity contribution is 0.266. The number of nitrogens with zero attached hydrogens (tertiary/aromatic N) is 2. The molecule has 2 aromatic rings. The Bertz CT molecular complexity index is 613. The molecule has 2 N–H and O–H groups in total. The minimum absolute atomic E-state index is 0.112. The van der Waals surface area contributed by atoms with Crippen LogP contribution in [-0.4, -0.2) is 21.5 Å². The van der Waals surface area contributed by atoms with Crippen LogP contribution in [0.4, 0.5) is 5.69 Å². The molecule has 0 spiro atoms. The van der Waals surface area contributed by atoms with Crippen LogP contribution in [0.1, 0.15) is 24.3 Å². The van der Waals surface area contributed by atoms with E-state index in [1.165, 1.54) is 9.56 Å². The van der Waals surface area contributed by atoms with Crippen molar-refractivity contribution >= 4 is 33.0 Å². The monoisotopic (exact) mass is 357 g/mol. The summed E-state index contributed by atoms with van der Waals surface area (Å²) in [5.41, 5.74) is 0.425. The van der Waals surface area contributed by atoms with Gasteiger partial charge in [-0.25, -0.2) is 4.68 Å². The molecular formula is C13H16BrN3O2S. The largest absolute Gasteiger partial charge is 0.394 e. The summed E-state index contributed by atoms with van der Waals surface area (Å²) < 4.78 is 1.68. The quantitative estimate of drug-likeness (QED) is 0.833. The molecule has 0 radical (unpaired) electrons. The molecule has 1 atom stereocenters. The molecule has 0 bridgehead atoms. The average Bonchev–Trinajstić information content (AvgIpc) is 2.97. The first kappa shape index (κ1) is 15.2. The van der Waals surface area contributed by atoms with E-state index in [0.29, 0.717) is 10.2 Å². The Morgan fingerprint density at radius 3 is 3.00 bits per heavy atom. The van der Waals surface area contributed by atoms with Gasteiger partial charge in [-0.1, -0.05) is 13.0 Å². The fraction of sp³-hybridized carbons (Fsp3) is 0.385. The van der Waals surface area contributed by atoms with Gasteiger partial charge in [-0.2, -0.15) is 5.10 Å². The van der Waals surface area contributed by atoms with Gasteiger partial charge >= 0.3 is 0 Å². The summed E-state index contributed by atoms with van der Waals surface area (Å²) in [6.07, 6.45) is 2.52. The van der Waals surface area contributed by atoms with E-state index < -0.39 is 0 Å². The molecule has 0 aromatic carbocycles. The molecule has 7 heteroatoms. The summed E-state index contributed by atoms with van der Waals surface area (Å²) in [5, 5.41) is 18.3. The third kappa shape index (κ3) is 3.28. The van der Waals surface area contributed by atoms with Crippen molar-refractivity contribution in [1.29, 1.82) is 0 Å². The topological polar surface area (TPSA) is 67.2 Å². The third-order valence-electron chi connectivity index (χ3n) is 2.92. The highest BCUT2D eigenvalue weighted by Gasteiger charge is 2.14. The summed E-state index contributed by atoms with van der Waals surface area (Å²) in [6.45, 7) is 2.17. The predicted molar refractivity (Wildman–Crippen MR) is 84.3 cm³/mol. The maximum absolute atomic E-state index is 12.0. The molecule has 0 aliphatic rings. The van der Waals surface area contributed by atoms with Gasteiger partial charge in [0.1, 0.15) is 4.47 Å². The Labute approximate surface area is 129 Å². The van der Waals surface area contributed by atoms with Crippen LogP contribution in [0.3, 0.4) is 0 Å². The zero-order chi connectivity index (χ0) is 14.5. The van der Waals surface area contributed by atoms with Gasteiger partial charge in [-0.05, 0) is 33.8 Å². The average molecular weight is 358 g/mol. The van der Waals surface area contributed by atoms with Gasteiger partial charge in [-0.3, -0.25) is 4.79 Å². The highest BCUT2D eigenvalue weighted by Crippen LogP contribution is 2.28. The number of aliphatic hydroxyl groups excluding tert-OH is 1. The summed E-state index contributed by atoms with van der Waals surface area (Å²) in [7, 11) is 0. The van der Waals surface area contributed by atoms with Gasteiger partial charge < -0.3 is 10.4 Å². The van der Waals surface area contributed by atoms with E-state index in [-0.39, 0.29) is 24.8 Å². The first-order valence-corrected chi connectivity index (χ1v) is 8.01. The van der Waals surface area contributed by atoms with E-state index in [2.05, 4.69) is 39.3 Å².